The first-order valence-corrected chi connectivity index (χ1v) is 7.05. The molecule has 0 spiro atoms. The Morgan fingerprint density at radius 2 is 2.09 bits per heavy atom. The van der Waals surface area contributed by atoms with E-state index in [2.05, 4.69) is 5.32 Å². The van der Waals surface area contributed by atoms with Gasteiger partial charge in [-0.3, -0.25) is 14.4 Å². The van der Waals surface area contributed by atoms with E-state index in [0.29, 0.717) is 31.6 Å². The van der Waals surface area contributed by atoms with Crippen molar-refractivity contribution in [2.75, 3.05) is 18.4 Å². The number of anilines is 1. The number of pyridine rings is 1. The number of halogens is 3. The Bertz CT molecular complexity index is 669. The summed E-state index contributed by atoms with van der Waals surface area (Å²) in [5.74, 6) is -1.29. The Hall–Kier alpha value is -2.32. The average molecular weight is 331 g/mol. The molecular weight excluding hydrogens is 315 g/mol. The van der Waals surface area contributed by atoms with E-state index in [-0.39, 0.29) is 12.5 Å². The third-order valence-electron chi connectivity index (χ3n) is 3.73. The molecule has 1 aromatic rings. The van der Waals surface area contributed by atoms with Gasteiger partial charge in [-0.15, -0.1) is 0 Å². The van der Waals surface area contributed by atoms with Crippen molar-refractivity contribution in [3.8, 4) is 0 Å². The molecule has 0 aromatic carbocycles. The van der Waals surface area contributed by atoms with Gasteiger partial charge >= 0.3 is 6.18 Å². The van der Waals surface area contributed by atoms with Crippen LogP contribution in [-0.2, 0) is 15.8 Å². The van der Waals surface area contributed by atoms with Crippen molar-refractivity contribution in [3.63, 3.8) is 0 Å². The number of carbonyl (C=O) groups excluding carboxylic acids is 2. The first-order chi connectivity index (χ1) is 10.7. The van der Waals surface area contributed by atoms with E-state index < -0.39 is 34.8 Å². The van der Waals surface area contributed by atoms with E-state index >= 15 is 0 Å². The molecule has 1 aliphatic rings. The number of carbonyl (C=O) groups is 2. The van der Waals surface area contributed by atoms with Crippen LogP contribution in [0.15, 0.2) is 17.1 Å². The molecular formula is C14H16F3N3O3. The molecule has 2 amide bonds. The van der Waals surface area contributed by atoms with Crippen LogP contribution in [0.3, 0.4) is 0 Å². The molecule has 6 nitrogen and oxygen atoms in total. The number of amides is 2. The van der Waals surface area contributed by atoms with Crippen LogP contribution in [0.4, 0.5) is 18.9 Å². The number of H-pyrrole nitrogens is 1. The summed E-state index contributed by atoms with van der Waals surface area (Å²) in [5.41, 5.74) is -2.32. The van der Waals surface area contributed by atoms with Gasteiger partial charge in [0.25, 0.3) is 5.56 Å². The van der Waals surface area contributed by atoms with Crippen molar-refractivity contribution in [1.82, 2.24) is 9.88 Å². The molecule has 1 fully saturated rings. The largest absolute Gasteiger partial charge is 0.417 e. The lowest BCUT2D eigenvalue weighted by atomic mass is 9.97. The average Bonchev–Trinajstić information content (AvgIpc) is 2.48. The van der Waals surface area contributed by atoms with Gasteiger partial charge in [-0.1, -0.05) is 0 Å². The van der Waals surface area contributed by atoms with Gasteiger partial charge in [0.1, 0.15) is 5.69 Å². The van der Waals surface area contributed by atoms with Gasteiger partial charge < -0.3 is 15.2 Å². The number of likely N-dealkylation sites (tertiary alicyclic amines) is 1. The van der Waals surface area contributed by atoms with E-state index in [1.54, 1.807) is 0 Å². The second-order valence-electron chi connectivity index (χ2n) is 5.42. The molecule has 126 valence electrons. The fourth-order valence-corrected chi connectivity index (χ4v) is 2.45. The Balaban J connectivity index is 2.14. The molecule has 0 radical (unpaired) electrons. The number of nitrogens with zero attached hydrogens (tertiary/aromatic N) is 1. The highest BCUT2D eigenvalue weighted by atomic mass is 19.4. The first kappa shape index (κ1) is 17.0. The smallest absolute Gasteiger partial charge is 0.342 e. The molecule has 0 bridgehead atoms. The lowest BCUT2D eigenvalue weighted by Gasteiger charge is -2.31. The molecule has 2 heterocycles. The number of hydrogen-bond donors (Lipinski definition) is 2. The van der Waals surface area contributed by atoms with Crippen LogP contribution in [0, 0.1) is 5.92 Å². The molecule has 2 N–H and O–H groups in total. The van der Waals surface area contributed by atoms with E-state index in [4.69, 9.17) is 0 Å². The zero-order valence-electron chi connectivity index (χ0n) is 12.4. The summed E-state index contributed by atoms with van der Waals surface area (Å²) < 4.78 is 38.0. The molecule has 1 atom stereocenters. The van der Waals surface area contributed by atoms with Crippen molar-refractivity contribution in [1.29, 1.82) is 0 Å². The molecule has 0 unspecified atom stereocenters. The van der Waals surface area contributed by atoms with Crippen molar-refractivity contribution in [2.45, 2.75) is 25.9 Å². The summed E-state index contributed by atoms with van der Waals surface area (Å²) in [7, 11) is 0. The summed E-state index contributed by atoms with van der Waals surface area (Å²) in [4.78, 5) is 38.6. The zero-order chi connectivity index (χ0) is 17.2. The molecule has 1 saturated heterocycles. The van der Waals surface area contributed by atoms with Gasteiger partial charge in [0, 0.05) is 26.2 Å². The molecule has 0 aliphatic carbocycles. The minimum atomic E-state index is -4.63. The van der Waals surface area contributed by atoms with Gasteiger partial charge in [-0.2, -0.15) is 13.2 Å². The number of hydrogen-bond acceptors (Lipinski definition) is 3. The number of alkyl halides is 3. The molecule has 2 rings (SSSR count). The van der Waals surface area contributed by atoms with Crippen LogP contribution >= 0.6 is 0 Å². The third-order valence-corrected chi connectivity index (χ3v) is 3.73. The fraction of sp³-hybridized carbons (Fsp3) is 0.500. The molecule has 23 heavy (non-hydrogen) atoms. The lowest BCUT2D eigenvalue weighted by Crippen LogP contribution is -2.43. The Kier molecular flexibility index (Phi) is 4.76. The predicted molar refractivity (Wildman–Crippen MR) is 75.7 cm³/mol. The minimum absolute atomic E-state index is 0.167. The first-order valence-electron chi connectivity index (χ1n) is 7.05. The van der Waals surface area contributed by atoms with Crippen LogP contribution in [0.5, 0.6) is 0 Å². The van der Waals surface area contributed by atoms with Crippen molar-refractivity contribution in [2.24, 2.45) is 5.92 Å². The van der Waals surface area contributed by atoms with E-state index in [1.165, 1.54) is 11.8 Å². The van der Waals surface area contributed by atoms with Crippen LogP contribution < -0.4 is 10.9 Å². The summed E-state index contributed by atoms with van der Waals surface area (Å²) >= 11 is 0. The summed E-state index contributed by atoms with van der Waals surface area (Å²) in [6, 6.07) is 0.600. The van der Waals surface area contributed by atoms with Crippen LogP contribution in [0.1, 0.15) is 25.3 Å². The van der Waals surface area contributed by atoms with Crippen LogP contribution in [0.2, 0.25) is 0 Å². The standard InChI is InChI=1S/C14H16F3N3O3/c1-8(21)20-4-2-3-9(7-20)12(22)19-11-5-10(14(15,16)17)6-18-13(11)23/h5-6,9H,2-4,7H2,1H3,(H,18,23)(H,19,22)/t9-/m0/s1. The highest BCUT2D eigenvalue weighted by Crippen LogP contribution is 2.29. The Labute approximate surface area is 129 Å². The van der Waals surface area contributed by atoms with Gasteiger partial charge in [0.05, 0.1) is 11.5 Å². The van der Waals surface area contributed by atoms with Gasteiger partial charge in [-0.05, 0) is 18.9 Å². The minimum Gasteiger partial charge on any atom is -0.342 e. The molecule has 9 heteroatoms. The van der Waals surface area contributed by atoms with Gasteiger partial charge in [-0.25, -0.2) is 0 Å². The second-order valence-corrected chi connectivity index (χ2v) is 5.42. The molecule has 1 aliphatic heterocycles. The number of nitrogens with one attached hydrogen (secondary N) is 2. The molecule has 1 aromatic heterocycles. The monoisotopic (exact) mass is 331 g/mol. The highest BCUT2D eigenvalue weighted by Gasteiger charge is 2.32. The maximum atomic E-state index is 12.7. The summed E-state index contributed by atoms with van der Waals surface area (Å²) in [6.45, 7) is 2.12. The maximum Gasteiger partial charge on any atom is 0.417 e. The van der Waals surface area contributed by atoms with Crippen LogP contribution in [-0.4, -0.2) is 34.8 Å². The second kappa shape index (κ2) is 6.43. The van der Waals surface area contributed by atoms with E-state index in [1.807, 2.05) is 4.98 Å². The molecule has 0 saturated carbocycles. The number of piperidine rings is 1. The number of rotatable bonds is 2. The topological polar surface area (TPSA) is 82.3 Å². The summed E-state index contributed by atoms with van der Waals surface area (Å²) in [5, 5.41) is 2.23. The van der Waals surface area contributed by atoms with E-state index in [0.717, 1.165) is 0 Å². The zero-order valence-corrected chi connectivity index (χ0v) is 12.4. The van der Waals surface area contributed by atoms with Gasteiger partial charge in [0.2, 0.25) is 11.8 Å². The van der Waals surface area contributed by atoms with Crippen LogP contribution in [0.25, 0.3) is 0 Å². The Morgan fingerprint density at radius 1 is 1.39 bits per heavy atom. The number of aromatic amines is 1. The normalized spacial score (nSPS) is 18.6. The van der Waals surface area contributed by atoms with Crippen molar-refractivity contribution < 1.29 is 22.8 Å². The SMILES string of the molecule is CC(=O)N1CCC[C@H](C(=O)Nc2cc(C(F)(F)F)c[nH]c2=O)C1. The van der Waals surface area contributed by atoms with Crippen molar-refractivity contribution in [3.05, 3.63) is 28.2 Å². The third kappa shape index (κ3) is 4.11. The summed E-state index contributed by atoms with van der Waals surface area (Å²) in [6.07, 6.45) is -2.95. The maximum absolute atomic E-state index is 12.7. The Morgan fingerprint density at radius 3 is 2.70 bits per heavy atom. The highest BCUT2D eigenvalue weighted by molar-refractivity contribution is 5.93. The quantitative estimate of drug-likeness (QED) is 0.863. The van der Waals surface area contributed by atoms with Crippen molar-refractivity contribution >= 4 is 17.5 Å². The predicted octanol–water partition coefficient (Wildman–Crippen LogP) is 1.59. The van der Waals surface area contributed by atoms with E-state index in [9.17, 15) is 27.6 Å². The lowest BCUT2D eigenvalue weighted by molar-refractivity contribution is -0.138. The fourth-order valence-electron chi connectivity index (χ4n) is 2.45. The van der Waals surface area contributed by atoms with Gasteiger partial charge in [0.15, 0.2) is 0 Å². The number of aromatic nitrogens is 1.